The first kappa shape index (κ1) is 19.3. The van der Waals surface area contributed by atoms with Gasteiger partial charge in [0.25, 0.3) is 0 Å². The van der Waals surface area contributed by atoms with E-state index in [9.17, 15) is 0 Å². The molecular formula is C29H22N2S. The van der Waals surface area contributed by atoms with E-state index in [0.29, 0.717) is 0 Å². The maximum absolute atomic E-state index is 5.05. The molecule has 2 heterocycles. The van der Waals surface area contributed by atoms with Gasteiger partial charge in [0, 0.05) is 31.7 Å². The third-order valence-corrected chi connectivity index (χ3v) is 7.48. The van der Waals surface area contributed by atoms with Gasteiger partial charge in [-0.2, -0.15) is 0 Å². The molecule has 32 heavy (non-hydrogen) atoms. The molecule has 5 aromatic rings. The van der Waals surface area contributed by atoms with Crippen molar-refractivity contribution in [3.05, 3.63) is 108 Å². The summed E-state index contributed by atoms with van der Waals surface area (Å²) >= 11 is 1.86. The summed E-state index contributed by atoms with van der Waals surface area (Å²) in [6, 6.07) is 34.0. The van der Waals surface area contributed by atoms with Gasteiger partial charge in [-0.3, -0.25) is 0 Å². The normalized spacial score (nSPS) is 14.1. The standard InChI is InChI=1S/C29H22N2S/c1-29(2)22-13-7-9-15-25(22)32-26-18-20(16-17-23(26)29)27-21-12-6-8-14-24(21)30-28(31-27)19-10-4-3-5-11-19/h3-18H,1-2H3. The van der Waals surface area contributed by atoms with Crippen LogP contribution >= 0.6 is 11.8 Å². The number of hydrogen-bond acceptors (Lipinski definition) is 3. The molecule has 0 spiro atoms. The third-order valence-electron chi connectivity index (χ3n) is 6.34. The summed E-state index contributed by atoms with van der Waals surface area (Å²) in [5.74, 6) is 0.760. The van der Waals surface area contributed by atoms with Crippen LogP contribution in [-0.2, 0) is 5.41 Å². The summed E-state index contributed by atoms with van der Waals surface area (Å²) < 4.78 is 0. The molecule has 0 N–H and O–H groups in total. The van der Waals surface area contributed by atoms with Crippen LogP contribution < -0.4 is 0 Å². The van der Waals surface area contributed by atoms with Crippen molar-refractivity contribution < 1.29 is 0 Å². The molecule has 3 heteroatoms. The number of nitrogens with zero attached hydrogens (tertiary/aromatic N) is 2. The predicted molar refractivity (Wildman–Crippen MR) is 133 cm³/mol. The molecular weight excluding hydrogens is 408 g/mol. The largest absolute Gasteiger partial charge is 0.228 e. The molecule has 1 aromatic heterocycles. The second-order valence-electron chi connectivity index (χ2n) is 8.71. The molecule has 0 saturated heterocycles. The topological polar surface area (TPSA) is 25.8 Å². The van der Waals surface area contributed by atoms with Gasteiger partial charge >= 0.3 is 0 Å². The second-order valence-corrected chi connectivity index (χ2v) is 9.80. The van der Waals surface area contributed by atoms with E-state index in [1.54, 1.807) is 0 Å². The highest BCUT2D eigenvalue weighted by Gasteiger charge is 2.33. The van der Waals surface area contributed by atoms with Crippen molar-refractivity contribution in [1.82, 2.24) is 9.97 Å². The number of rotatable bonds is 2. The highest BCUT2D eigenvalue weighted by atomic mass is 32.2. The van der Waals surface area contributed by atoms with E-state index in [1.807, 2.05) is 36.0 Å². The molecule has 0 atom stereocenters. The molecule has 0 radical (unpaired) electrons. The molecule has 0 aliphatic carbocycles. The van der Waals surface area contributed by atoms with Crippen LogP contribution in [0.5, 0.6) is 0 Å². The minimum Gasteiger partial charge on any atom is -0.228 e. The van der Waals surface area contributed by atoms with E-state index in [4.69, 9.17) is 9.97 Å². The molecule has 1 aliphatic rings. The van der Waals surface area contributed by atoms with Crippen LogP contribution in [0.4, 0.5) is 0 Å². The zero-order valence-corrected chi connectivity index (χ0v) is 18.9. The molecule has 1 aliphatic heterocycles. The summed E-state index contributed by atoms with van der Waals surface area (Å²) in [6.45, 7) is 4.63. The molecule has 4 aromatic carbocycles. The van der Waals surface area contributed by atoms with Crippen molar-refractivity contribution in [2.75, 3.05) is 0 Å². The van der Waals surface area contributed by atoms with Crippen LogP contribution in [0.1, 0.15) is 25.0 Å². The Hall–Kier alpha value is -3.43. The summed E-state index contributed by atoms with van der Waals surface area (Å²) in [6.07, 6.45) is 0. The highest BCUT2D eigenvalue weighted by Crippen LogP contribution is 2.49. The van der Waals surface area contributed by atoms with Gasteiger partial charge in [-0.25, -0.2) is 9.97 Å². The van der Waals surface area contributed by atoms with E-state index in [0.717, 1.165) is 33.5 Å². The number of fused-ring (bicyclic) bond motifs is 3. The lowest BCUT2D eigenvalue weighted by Crippen LogP contribution is -2.23. The van der Waals surface area contributed by atoms with Crippen molar-refractivity contribution in [2.45, 2.75) is 29.1 Å². The Morgan fingerprint density at radius 2 is 1.34 bits per heavy atom. The average molecular weight is 431 g/mol. The molecule has 0 bridgehead atoms. The zero-order chi connectivity index (χ0) is 21.7. The van der Waals surface area contributed by atoms with Gasteiger partial charge in [-0.15, -0.1) is 0 Å². The summed E-state index contributed by atoms with van der Waals surface area (Å²) in [5.41, 5.74) is 6.83. The fraction of sp³-hybridized carbons (Fsp3) is 0.103. The Bertz CT molecular complexity index is 1470. The van der Waals surface area contributed by atoms with Crippen molar-refractivity contribution in [2.24, 2.45) is 0 Å². The number of aromatic nitrogens is 2. The summed E-state index contributed by atoms with van der Waals surface area (Å²) in [4.78, 5) is 12.5. The van der Waals surface area contributed by atoms with E-state index < -0.39 is 0 Å². The quantitative estimate of drug-likeness (QED) is 0.286. The molecule has 0 unspecified atom stereocenters. The minimum atomic E-state index is -0.0291. The van der Waals surface area contributed by atoms with Gasteiger partial charge in [-0.1, -0.05) is 104 Å². The second kappa shape index (κ2) is 7.32. The first-order chi connectivity index (χ1) is 15.6. The van der Waals surface area contributed by atoms with Crippen LogP contribution in [-0.4, -0.2) is 9.97 Å². The minimum absolute atomic E-state index is 0.0291. The SMILES string of the molecule is CC1(C)c2ccccc2Sc2cc(-c3nc(-c4ccccc4)nc4ccccc34)ccc21. The van der Waals surface area contributed by atoms with Crippen molar-refractivity contribution >= 4 is 22.7 Å². The lowest BCUT2D eigenvalue weighted by atomic mass is 9.77. The van der Waals surface area contributed by atoms with E-state index in [2.05, 4.69) is 86.6 Å². The maximum Gasteiger partial charge on any atom is 0.160 e. The lowest BCUT2D eigenvalue weighted by Gasteiger charge is -2.34. The fourth-order valence-corrected chi connectivity index (χ4v) is 6.05. The first-order valence-electron chi connectivity index (χ1n) is 10.9. The van der Waals surface area contributed by atoms with Crippen LogP contribution in [0, 0.1) is 0 Å². The van der Waals surface area contributed by atoms with Crippen LogP contribution in [0.15, 0.2) is 107 Å². The molecule has 0 saturated carbocycles. The van der Waals surface area contributed by atoms with Gasteiger partial charge in [0.05, 0.1) is 11.2 Å². The summed E-state index contributed by atoms with van der Waals surface area (Å²) in [5, 5.41) is 1.08. The first-order valence-corrected chi connectivity index (χ1v) is 11.7. The number of hydrogen-bond donors (Lipinski definition) is 0. The number of para-hydroxylation sites is 1. The summed E-state index contributed by atoms with van der Waals surface area (Å²) in [7, 11) is 0. The molecule has 2 nitrogen and oxygen atoms in total. The smallest absolute Gasteiger partial charge is 0.160 e. The molecule has 0 fully saturated rings. The third kappa shape index (κ3) is 3.04. The molecule has 0 amide bonds. The maximum atomic E-state index is 5.05. The average Bonchev–Trinajstić information content (AvgIpc) is 2.83. The van der Waals surface area contributed by atoms with Gasteiger partial charge < -0.3 is 0 Å². The highest BCUT2D eigenvalue weighted by molar-refractivity contribution is 7.99. The number of benzene rings is 4. The Morgan fingerprint density at radius 1 is 0.625 bits per heavy atom. The van der Waals surface area contributed by atoms with E-state index >= 15 is 0 Å². The van der Waals surface area contributed by atoms with Crippen molar-refractivity contribution in [3.63, 3.8) is 0 Å². The molecule has 6 rings (SSSR count). The monoisotopic (exact) mass is 430 g/mol. The Kier molecular flexibility index (Phi) is 4.41. The van der Waals surface area contributed by atoms with Crippen LogP contribution in [0.25, 0.3) is 33.5 Å². The Balaban J connectivity index is 1.55. The lowest BCUT2D eigenvalue weighted by molar-refractivity contribution is 0.607. The van der Waals surface area contributed by atoms with Crippen LogP contribution in [0.3, 0.4) is 0 Å². The van der Waals surface area contributed by atoms with E-state index in [-0.39, 0.29) is 5.41 Å². The Labute approximate surface area is 192 Å². The Morgan fingerprint density at radius 3 is 2.22 bits per heavy atom. The fourth-order valence-electron chi connectivity index (χ4n) is 4.62. The van der Waals surface area contributed by atoms with E-state index in [1.165, 1.54) is 20.9 Å². The van der Waals surface area contributed by atoms with Crippen molar-refractivity contribution in [3.8, 4) is 22.6 Å². The predicted octanol–water partition coefficient (Wildman–Crippen LogP) is 7.75. The van der Waals surface area contributed by atoms with Gasteiger partial charge in [-0.05, 0) is 29.3 Å². The zero-order valence-electron chi connectivity index (χ0n) is 18.0. The van der Waals surface area contributed by atoms with Crippen LogP contribution in [0.2, 0.25) is 0 Å². The molecule has 154 valence electrons. The van der Waals surface area contributed by atoms with Gasteiger partial charge in [0.1, 0.15) is 0 Å². The van der Waals surface area contributed by atoms with Gasteiger partial charge in [0.15, 0.2) is 5.82 Å². The van der Waals surface area contributed by atoms with Gasteiger partial charge in [0.2, 0.25) is 0 Å². The van der Waals surface area contributed by atoms with Crippen molar-refractivity contribution in [1.29, 1.82) is 0 Å².